The molecule has 0 saturated heterocycles. The van der Waals surface area contributed by atoms with Gasteiger partial charge in [0, 0.05) is 31.0 Å². The highest BCUT2D eigenvalue weighted by Gasteiger charge is 2.09. The Balaban J connectivity index is 1.91. The summed E-state index contributed by atoms with van der Waals surface area (Å²) in [6, 6.07) is 11.8. The first-order chi connectivity index (χ1) is 9.78. The predicted octanol–water partition coefficient (Wildman–Crippen LogP) is 2.34. The average Bonchev–Trinajstić information content (AvgIpc) is 2.94. The van der Waals surface area contributed by atoms with Crippen LogP contribution in [0.2, 0.25) is 0 Å². The number of benzene rings is 1. The Labute approximate surface area is 117 Å². The molecule has 20 heavy (non-hydrogen) atoms. The highest BCUT2D eigenvalue weighted by Crippen LogP contribution is 2.18. The number of anilines is 2. The number of para-hydroxylation sites is 1. The van der Waals surface area contributed by atoms with Crippen LogP contribution in [-0.4, -0.2) is 21.1 Å². The van der Waals surface area contributed by atoms with Crippen molar-refractivity contribution in [2.45, 2.75) is 13.5 Å². The van der Waals surface area contributed by atoms with Crippen molar-refractivity contribution in [1.82, 2.24) is 14.6 Å². The molecule has 3 aromatic rings. The second-order valence-corrected chi connectivity index (χ2v) is 4.63. The van der Waals surface area contributed by atoms with Gasteiger partial charge in [0.1, 0.15) is 5.82 Å². The minimum Gasteiger partial charge on any atom is -0.398 e. The van der Waals surface area contributed by atoms with Gasteiger partial charge < -0.3 is 10.6 Å². The van der Waals surface area contributed by atoms with E-state index in [1.165, 1.54) is 0 Å². The minimum atomic E-state index is 0.750. The maximum atomic E-state index is 6.01. The molecule has 2 aromatic heterocycles. The van der Waals surface area contributed by atoms with Crippen LogP contribution in [0.15, 0.2) is 48.8 Å². The number of fused-ring (bicyclic) bond motifs is 1. The molecular formula is C15H17N5. The molecule has 0 unspecified atom stereocenters. The van der Waals surface area contributed by atoms with E-state index in [0.29, 0.717) is 0 Å². The summed E-state index contributed by atoms with van der Waals surface area (Å²) in [5.41, 5.74) is 8.79. The molecule has 0 spiro atoms. The Bertz CT molecular complexity index is 719. The number of aromatic nitrogens is 3. The van der Waals surface area contributed by atoms with E-state index in [4.69, 9.17) is 5.73 Å². The lowest BCUT2D eigenvalue weighted by molar-refractivity contribution is 0.809. The fraction of sp³-hybridized carbons (Fsp3) is 0.200. The van der Waals surface area contributed by atoms with E-state index in [9.17, 15) is 0 Å². The van der Waals surface area contributed by atoms with Gasteiger partial charge in [-0.2, -0.15) is 5.10 Å². The van der Waals surface area contributed by atoms with Gasteiger partial charge in [-0.3, -0.25) is 0 Å². The molecule has 2 heterocycles. The summed E-state index contributed by atoms with van der Waals surface area (Å²) in [4.78, 5) is 6.81. The van der Waals surface area contributed by atoms with Crippen LogP contribution in [0.4, 0.5) is 11.5 Å². The molecule has 0 bridgehead atoms. The number of rotatable bonds is 4. The summed E-state index contributed by atoms with van der Waals surface area (Å²) in [7, 11) is 0. The second kappa shape index (κ2) is 5.21. The van der Waals surface area contributed by atoms with Gasteiger partial charge in [0.15, 0.2) is 5.65 Å². The van der Waals surface area contributed by atoms with Crippen LogP contribution in [0.25, 0.3) is 5.65 Å². The predicted molar refractivity (Wildman–Crippen MR) is 80.6 cm³/mol. The zero-order valence-electron chi connectivity index (χ0n) is 11.4. The van der Waals surface area contributed by atoms with Crippen LogP contribution in [0.5, 0.6) is 0 Å². The molecule has 5 heteroatoms. The number of nitrogens with two attached hydrogens (primary N) is 1. The van der Waals surface area contributed by atoms with Crippen LogP contribution in [0.3, 0.4) is 0 Å². The second-order valence-electron chi connectivity index (χ2n) is 4.63. The number of nitrogens with zero attached hydrogens (tertiary/aromatic N) is 4. The standard InChI is InChI=1S/C15H17N5/c1-2-19(11-12-5-3-4-6-13(12)16)14-8-10-20-15(18-14)7-9-17-20/h3-10H,2,11,16H2,1H3. The highest BCUT2D eigenvalue weighted by molar-refractivity contribution is 5.51. The van der Waals surface area contributed by atoms with E-state index in [0.717, 1.165) is 35.8 Å². The Kier molecular flexibility index (Phi) is 3.25. The van der Waals surface area contributed by atoms with Crippen LogP contribution < -0.4 is 10.6 Å². The van der Waals surface area contributed by atoms with E-state index >= 15 is 0 Å². The van der Waals surface area contributed by atoms with E-state index in [-0.39, 0.29) is 0 Å². The van der Waals surface area contributed by atoms with Crippen molar-refractivity contribution in [2.24, 2.45) is 0 Å². The average molecular weight is 267 g/mol. The number of hydrogen-bond acceptors (Lipinski definition) is 4. The van der Waals surface area contributed by atoms with Crippen molar-refractivity contribution in [3.8, 4) is 0 Å². The summed E-state index contributed by atoms with van der Waals surface area (Å²) in [5.74, 6) is 0.934. The first-order valence-electron chi connectivity index (χ1n) is 6.66. The normalized spacial score (nSPS) is 10.8. The minimum absolute atomic E-state index is 0.750. The fourth-order valence-electron chi connectivity index (χ4n) is 2.22. The third-order valence-corrected chi connectivity index (χ3v) is 3.37. The van der Waals surface area contributed by atoms with Crippen molar-refractivity contribution >= 4 is 17.2 Å². The van der Waals surface area contributed by atoms with Crippen molar-refractivity contribution in [2.75, 3.05) is 17.2 Å². The highest BCUT2D eigenvalue weighted by atomic mass is 15.3. The Morgan fingerprint density at radius 2 is 2.05 bits per heavy atom. The zero-order chi connectivity index (χ0) is 13.9. The summed E-state index contributed by atoms with van der Waals surface area (Å²) in [6.45, 7) is 3.73. The Morgan fingerprint density at radius 3 is 2.85 bits per heavy atom. The maximum absolute atomic E-state index is 6.01. The molecule has 5 nitrogen and oxygen atoms in total. The third-order valence-electron chi connectivity index (χ3n) is 3.37. The summed E-state index contributed by atoms with van der Waals surface area (Å²) in [6.07, 6.45) is 3.67. The largest absolute Gasteiger partial charge is 0.398 e. The van der Waals surface area contributed by atoms with Crippen LogP contribution in [0, 0.1) is 0 Å². The lowest BCUT2D eigenvalue weighted by atomic mass is 10.1. The molecule has 0 radical (unpaired) electrons. The first-order valence-corrected chi connectivity index (χ1v) is 6.66. The summed E-state index contributed by atoms with van der Waals surface area (Å²) >= 11 is 0. The monoisotopic (exact) mass is 267 g/mol. The topological polar surface area (TPSA) is 59.5 Å². The first kappa shape index (κ1) is 12.5. The summed E-state index contributed by atoms with van der Waals surface area (Å²) in [5, 5.41) is 4.16. The molecule has 3 rings (SSSR count). The quantitative estimate of drug-likeness (QED) is 0.737. The van der Waals surface area contributed by atoms with E-state index < -0.39 is 0 Å². The van der Waals surface area contributed by atoms with E-state index in [1.807, 2.05) is 36.5 Å². The molecular weight excluding hydrogens is 250 g/mol. The lowest BCUT2D eigenvalue weighted by Gasteiger charge is -2.22. The molecule has 0 atom stereocenters. The van der Waals surface area contributed by atoms with Crippen molar-refractivity contribution in [1.29, 1.82) is 0 Å². The molecule has 1 aromatic carbocycles. The van der Waals surface area contributed by atoms with Gasteiger partial charge in [0.2, 0.25) is 0 Å². The SMILES string of the molecule is CCN(Cc1ccccc1N)c1ccn2nccc2n1. The lowest BCUT2D eigenvalue weighted by Crippen LogP contribution is -2.23. The number of hydrogen-bond donors (Lipinski definition) is 1. The zero-order valence-corrected chi connectivity index (χ0v) is 11.4. The summed E-state index contributed by atoms with van der Waals surface area (Å²) < 4.78 is 1.76. The van der Waals surface area contributed by atoms with E-state index in [2.05, 4.69) is 28.0 Å². The van der Waals surface area contributed by atoms with Gasteiger partial charge >= 0.3 is 0 Å². The van der Waals surface area contributed by atoms with Crippen LogP contribution in [0.1, 0.15) is 12.5 Å². The molecule has 0 aliphatic heterocycles. The van der Waals surface area contributed by atoms with Crippen molar-refractivity contribution in [3.05, 3.63) is 54.4 Å². The van der Waals surface area contributed by atoms with Crippen LogP contribution >= 0.6 is 0 Å². The molecule has 0 aliphatic carbocycles. The Hall–Kier alpha value is -2.56. The molecule has 0 amide bonds. The smallest absolute Gasteiger partial charge is 0.157 e. The molecule has 2 N–H and O–H groups in total. The Morgan fingerprint density at radius 1 is 1.20 bits per heavy atom. The fourth-order valence-corrected chi connectivity index (χ4v) is 2.22. The van der Waals surface area contributed by atoms with E-state index in [1.54, 1.807) is 10.7 Å². The van der Waals surface area contributed by atoms with Crippen molar-refractivity contribution < 1.29 is 0 Å². The van der Waals surface area contributed by atoms with Gasteiger partial charge in [-0.05, 0) is 24.6 Å². The van der Waals surface area contributed by atoms with Crippen molar-refractivity contribution in [3.63, 3.8) is 0 Å². The van der Waals surface area contributed by atoms with Crippen LogP contribution in [-0.2, 0) is 6.54 Å². The number of nitrogen functional groups attached to an aromatic ring is 1. The van der Waals surface area contributed by atoms with Gasteiger partial charge in [0.25, 0.3) is 0 Å². The molecule has 0 aliphatic rings. The molecule has 0 saturated carbocycles. The molecule has 102 valence electrons. The molecule has 0 fully saturated rings. The van der Waals surface area contributed by atoms with Gasteiger partial charge in [-0.15, -0.1) is 0 Å². The van der Waals surface area contributed by atoms with Gasteiger partial charge in [-0.25, -0.2) is 9.50 Å². The maximum Gasteiger partial charge on any atom is 0.157 e. The third kappa shape index (κ3) is 2.30. The van der Waals surface area contributed by atoms with Gasteiger partial charge in [0.05, 0.1) is 6.20 Å². The van der Waals surface area contributed by atoms with Gasteiger partial charge in [-0.1, -0.05) is 18.2 Å².